The lowest BCUT2D eigenvalue weighted by atomic mass is 10.2. The number of nitro groups is 1. The van der Waals surface area contributed by atoms with E-state index in [0.717, 1.165) is 13.2 Å². The predicted molar refractivity (Wildman–Crippen MR) is 58.4 cm³/mol. The van der Waals surface area contributed by atoms with Crippen molar-refractivity contribution >= 4 is 11.7 Å². The minimum atomic E-state index is -3.04. The van der Waals surface area contributed by atoms with Crippen molar-refractivity contribution in [1.29, 1.82) is 0 Å². The Bertz CT molecular complexity index is 507. The number of hydrogen-bond donors (Lipinski definition) is 0. The number of methoxy groups -OCH3 is 1. The maximum absolute atomic E-state index is 12.7. The second-order valence-electron chi connectivity index (χ2n) is 3.22. The summed E-state index contributed by atoms with van der Waals surface area (Å²) in [6.07, 6.45) is -3.04. The van der Waals surface area contributed by atoms with Crippen molar-refractivity contribution < 1.29 is 28.0 Å². The molecule has 0 atom stereocenters. The van der Waals surface area contributed by atoms with E-state index in [1.165, 1.54) is 6.92 Å². The van der Waals surface area contributed by atoms with Crippen LogP contribution in [-0.4, -0.2) is 29.6 Å². The van der Waals surface area contributed by atoms with Gasteiger partial charge < -0.3 is 9.47 Å². The van der Waals surface area contributed by atoms with E-state index >= 15 is 0 Å². The zero-order valence-electron chi connectivity index (χ0n) is 10.1. The summed E-state index contributed by atoms with van der Waals surface area (Å²) in [6, 6.07) is 0.723. The Morgan fingerprint density at radius 1 is 1.58 bits per heavy atom. The summed E-state index contributed by atoms with van der Waals surface area (Å²) < 4.78 is 34.6. The number of esters is 1. The average Bonchev–Trinajstić information content (AvgIpc) is 2.37. The molecule has 0 radical (unpaired) electrons. The number of carbonyl (C=O) groups is 1. The molecule has 19 heavy (non-hydrogen) atoms. The minimum absolute atomic E-state index is 0.0618. The Morgan fingerprint density at radius 3 is 2.63 bits per heavy atom. The summed E-state index contributed by atoms with van der Waals surface area (Å²) in [5.74, 6) is -1.60. The van der Waals surface area contributed by atoms with Gasteiger partial charge in [-0.15, -0.1) is 0 Å². The van der Waals surface area contributed by atoms with E-state index in [1.54, 1.807) is 0 Å². The summed E-state index contributed by atoms with van der Waals surface area (Å²) in [6.45, 7) is 1.41. The smallest absolute Gasteiger partial charge is 0.364 e. The summed E-state index contributed by atoms with van der Waals surface area (Å²) in [4.78, 5) is 24.6. The second kappa shape index (κ2) is 6.03. The molecule has 0 saturated carbocycles. The number of halogens is 2. The van der Waals surface area contributed by atoms with Crippen molar-refractivity contribution in [2.75, 3.05) is 13.7 Å². The Labute approximate surface area is 106 Å². The van der Waals surface area contributed by atoms with Crippen molar-refractivity contribution in [2.24, 2.45) is 0 Å². The van der Waals surface area contributed by atoms with Crippen LogP contribution >= 0.6 is 0 Å². The molecule has 0 fully saturated rings. The summed E-state index contributed by atoms with van der Waals surface area (Å²) >= 11 is 0. The highest BCUT2D eigenvalue weighted by Gasteiger charge is 2.29. The molecule has 1 aromatic heterocycles. The summed E-state index contributed by atoms with van der Waals surface area (Å²) in [5.41, 5.74) is -2.38. The van der Waals surface area contributed by atoms with Gasteiger partial charge in [-0.3, -0.25) is 10.1 Å². The zero-order chi connectivity index (χ0) is 14.6. The maximum atomic E-state index is 12.7. The van der Waals surface area contributed by atoms with Gasteiger partial charge in [0.05, 0.1) is 24.7 Å². The molecule has 0 aliphatic rings. The van der Waals surface area contributed by atoms with E-state index in [9.17, 15) is 23.7 Å². The van der Waals surface area contributed by atoms with Crippen LogP contribution in [0.15, 0.2) is 6.07 Å². The van der Waals surface area contributed by atoms with Crippen molar-refractivity contribution in [2.45, 2.75) is 13.3 Å². The van der Waals surface area contributed by atoms with Crippen LogP contribution in [0, 0.1) is 10.1 Å². The Kier molecular flexibility index (Phi) is 4.67. The van der Waals surface area contributed by atoms with E-state index in [2.05, 4.69) is 14.5 Å². The molecule has 9 heteroatoms. The number of alkyl halides is 2. The summed E-state index contributed by atoms with van der Waals surface area (Å²) in [5, 5.41) is 10.8. The van der Waals surface area contributed by atoms with E-state index in [-0.39, 0.29) is 6.61 Å². The molecular weight excluding hydrogens is 266 g/mol. The Morgan fingerprint density at radius 2 is 2.21 bits per heavy atom. The molecule has 1 aromatic rings. The molecule has 104 valence electrons. The van der Waals surface area contributed by atoms with Gasteiger partial charge >= 0.3 is 11.7 Å². The van der Waals surface area contributed by atoms with Crippen molar-refractivity contribution in [3.8, 4) is 5.75 Å². The van der Waals surface area contributed by atoms with Gasteiger partial charge in [-0.1, -0.05) is 0 Å². The van der Waals surface area contributed by atoms with E-state index in [1.807, 2.05) is 0 Å². The van der Waals surface area contributed by atoms with Crippen LogP contribution in [0.1, 0.15) is 29.5 Å². The molecule has 0 aliphatic carbocycles. The third-order valence-electron chi connectivity index (χ3n) is 2.09. The van der Waals surface area contributed by atoms with Crippen LogP contribution in [0.4, 0.5) is 14.5 Å². The normalized spacial score (nSPS) is 10.4. The third kappa shape index (κ3) is 3.12. The molecule has 0 aliphatic heterocycles. The highest BCUT2D eigenvalue weighted by Crippen LogP contribution is 2.32. The molecule has 7 nitrogen and oxygen atoms in total. The fourth-order valence-electron chi connectivity index (χ4n) is 1.31. The lowest BCUT2D eigenvalue weighted by Crippen LogP contribution is -2.13. The largest absolute Gasteiger partial charge is 0.494 e. The molecule has 0 bridgehead atoms. The fourth-order valence-corrected chi connectivity index (χ4v) is 1.31. The first kappa shape index (κ1) is 14.7. The highest BCUT2D eigenvalue weighted by molar-refractivity contribution is 5.92. The van der Waals surface area contributed by atoms with E-state index in [4.69, 9.17) is 0 Å². The first-order valence-electron chi connectivity index (χ1n) is 5.10. The van der Waals surface area contributed by atoms with Gasteiger partial charge in [0.15, 0.2) is 5.75 Å². The Hall–Kier alpha value is -2.32. The average molecular weight is 276 g/mol. The Balaban J connectivity index is 3.45. The summed E-state index contributed by atoms with van der Waals surface area (Å²) in [7, 11) is 1.07. The SMILES string of the molecule is CCOC(=O)c1nc(C(F)F)c(OC)cc1[N+](=O)[O-]. The molecule has 1 rings (SSSR count). The lowest BCUT2D eigenvalue weighted by Gasteiger charge is -2.09. The van der Waals surface area contributed by atoms with Gasteiger partial charge in [0.2, 0.25) is 5.69 Å². The van der Waals surface area contributed by atoms with Gasteiger partial charge in [-0.05, 0) is 6.92 Å². The van der Waals surface area contributed by atoms with Crippen LogP contribution < -0.4 is 4.74 Å². The molecule has 0 N–H and O–H groups in total. The number of carbonyl (C=O) groups excluding carboxylic acids is 1. The number of ether oxygens (including phenoxy) is 2. The number of nitrogens with zero attached hydrogens (tertiary/aromatic N) is 2. The number of rotatable bonds is 5. The van der Waals surface area contributed by atoms with Crippen LogP contribution in [0.3, 0.4) is 0 Å². The molecule has 0 saturated heterocycles. The van der Waals surface area contributed by atoms with Crippen LogP contribution in [0.2, 0.25) is 0 Å². The van der Waals surface area contributed by atoms with Gasteiger partial charge in [-0.25, -0.2) is 18.6 Å². The number of aromatic nitrogens is 1. The lowest BCUT2D eigenvalue weighted by molar-refractivity contribution is -0.385. The second-order valence-corrected chi connectivity index (χ2v) is 3.22. The van der Waals surface area contributed by atoms with E-state index < -0.39 is 40.1 Å². The molecular formula is C10H10F2N2O5. The maximum Gasteiger partial charge on any atom is 0.364 e. The van der Waals surface area contributed by atoms with Gasteiger partial charge in [0, 0.05) is 0 Å². The van der Waals surface area contributed by atoms with Crippen molar-refractivity contribution in [3.05, 3.63) is 27.6 Å². The molecule has 0 amide bonds. The van der Waals surface area contributed by atoms with Gasteiger partial charge in [0.25, 0.3) is 6.43 Å². The first-order valence-corrected chi connectivity index (χ1v) is 5.10. The first-order chi connectivity index (χ1) is 8.92. The molecule has 0 spiro atoms. The minimum Gasteiger partial charge on any atom is -0.494 e. The van der Waals surface area contributed by atoms with Crippen molar-refractivity contribution in [1.82, 2.24) is 4.98 Å². The third-order valence-corrected chi connectivity index (χ3v) is 2.09. The predicted octanol–water partition coefficient (Wildman–Crippen LogP) is 2.11. The van der Waals surface area contributed by atoms with Crippen LogP contribution in [-0.2, 0) is 4.74 Å². The zero-order valence-corrected chi connectivity index (χ0v) is 10.1. The monoisotopic (exact) mass is 276 g/mol. The number of pyridine rings is 1. The standard InChI is InChI=1S/C10H10F2N2O5/c1-3-19-10(15)7-5(14(16)17)4-6(18-2)8(13-7)9(11)12/h4,9H,3H2,1-2H3. The topological polar surface area (TPSA) is 91.6 Å². The van der Waals surface area contributed by atoms with Gasteiger partial charge in [-0.2, -0.15) is 0 Å². The van der Waals surface area contributed by atoms with Gasteiger partial charge in [0.1, 0.15) is 5.69 Å². The molecule has 0 aromatic carbocycles. The van der Waals surface area contributed by atoms with Crippen LogP contribution in [0.5, 0.6) is 5.75 Å². The highest BCUT2D eigenvalue weighted by atomic mass is 19.3. The van der Waals surface area contributed by atoms with Crippen LogP contribution in [0.25, 0.3) is 0 Å². The van der Waals surface area contributed by atoms with E-state index in [0.29, 0.717) is 0 Å². The fraction of sp³-hybridized carbons (Fsp3) is 0.400. The molecule has 0 unspecified atom stereocenters. The molecule has 1 heterocycles. The van der Waals surface area contributed by atoms with Crippen molar-refractivity contribution in [3.63, 3.8) is 0 Å². The number of hydrogen-bond acceptors (Lipinski definition) is 6. The quantitative estimate of drug-likeness (QED) is 0.464.